The van der Waals surface area contributed by atoms with Gasteiger partial charge < -0.3 is 10.1 Å². The maximum absolute atomic E-state index is 11.9. The summed E-state index contributed by atoms with van der Waals surface area (Å²) in [6.07, 6.45) is 2.08. The summed E-state index contributed by atoms with van der Waals surface area (Å²) in [6, 6.07) is 5.45. The topological polar surface area (TPSA) is 38.3 Å². The van der Waals surface area contributed by atoms with Gasteiger partial charge in [0.2, 0.25) is 0 Å². The molecule has 1 saturated heterocycles. The Labute approximate surface area is 121 Å². The molecule has 1 N–H and O–H groups in total. The first-order valence-corrected chi connectivity index (χ1v) is 7.25. The van der Waals surface area contributed by atoms with Gasteiger partial charge in [-0.05, 0) is 37.0 Å². The van der Waals surface area contributed by atoms with Crippen LogP contribution in [0.15, 0.2) is 27.6 Å². The number of ether oxygens (including phenoxy) is 1. The molecule has 1 fully saturated rings. The summed E-state index contributed by atoms with van der Waals surface area (Å²) >= 11 is 7.65. The highest BCUT2D eigenvalue weighted by Gasteiger charge is 2.16. The number of hydrogen-bond acceptors (Lipinski definition) is 3. The lowest BCUT2D eigenvalue weighted by Gasteiger charge is -2.10. The summed E-state index contributed by atoms with van der Waals surface area (Å²) in [5.41, 5.74) is 0.615. The first kappa shape index (κ1) is 13.9. The third-order valence-electron chi connectivity index (χ3n) is 3.07. The van der Waals surface area contributed by atoms with Gasteiger partial charge in [0.05, 0.1) is 5.56 Å². The fourth-order valence-corrected chi connectivity index (χ4v) is 2.85. The third-order valence-corrected chi connectivity index (χ3v) is 3.93. The van der Waals surface area contributed by atoms with Crippen LogP contribution in [0.2, 0.25) is 0 Å². The molecule has 1 aromatic carbocycles. The Morgan fingerprint density at radius 3 is 3.06 bits per heavy atom. The number of halogens is 1. The molecule has 1 aromatic rings. The van der Waals surface area contributed by atoms with E-state index in [1.54, 1.807) is 6.07 Å². The van der Waals surface area contributed by atoms with Gasteiger partial charge in [0.15, 0.2) is 0 Å². The molecular weight excluding hydrogens is 314 g/mol. The second-order valence-corrected chi connectivity index (χ2v) is 5.83. The maximum atomic E-state index is 11.9. The Kier molecular flexibility index (Phi) is 5.09. The van der Waals surface area contributed by atoms with Gasteiger partial charge in [-0.15, -0.1) is 12.6 Å². The normalized spacial score (nSPS) is 18.9. The number of nitrogens with one attached hydrogen (secondary N) is 1. The van der Waals surface area contributed by atoms with E-state index >= 15 is 0 Å². The van der Waals surface area contributed by atoms with Crippen molar-refractivity contribution in [1.29, 1.82) is 0 Å². The summed E-state index contributed by atoms with van der Waals surface area (Å²) in [6.45, 7) is 2.37. The summed E-state index contributed by atoms with van der Waals surface area (Å²) in [5.74, 6) is 0.525. The molecule has 18 heavy (non-hydrogen) atoms. The number of rotatable bonds is 4. The highest BCUT2D eigenvalue weighted by Crippen LogP contribution is 2.20. The molecule has 0 spiro atoms. The van der Waals surface area contributed by atoms with E-state index in [2.05, 4.69) is 33.9 Å². The van der Waals surface area contributed by atoms with E-state index in [0.29, 0.717) is 22.9 Å². The molecule has 1 amide bonds. The van der Waals surface area contributed by atoms with Crippen molar-refractivity contribution < 1.29 is 9.53 Å². The fourth-order valence-electron chi connectivity index (χ4n) is 1.99. The van der Waals surface area contributed by atoms with Crippen molar-refractivity contribution in [3.8, 4) is 0 Å². The van der Waals surface area contributed by atoms with E-state index in [9.17, 15) is 4.79 Å². The maximum Gasteiger partial charge on any atom is 0.252 e. The van der Waals surface area contributed by atoms with E-state index in [1.807, 2.05) is 12.1 Å². The van der Waals surface area contributed by atoms with Crippen LogP contribution >= 0.6 is 28.6 Å². The Morgan fingerprint density at radius 2 is 2.39 bits per heavy atom. The van der Waals surface area contributed by atoms with Crippen LogP contribution in [0.3, 0.4) is 0 Å². The van der Waals surface area contributed by atoms with Crippen LogP contribution in [0, 0.1) is 5.92 Å². The van der Waals surface area contributed by atoms with Crippen molar-refractivity contribution in [2.24, 2.45) is 5.92 Å². The average molecular weight is 330 g/mol. The second-order valence-electron chi connectivity index (χ2n) is 4.44. The molecule has 98 valence electrons. The molecule has 0 bridgehead atoms. The molecule has 1 unspecified atom stereocenters. The summed E-state index contributed by atoms with van der Waals surface area (Å²) in [7, 11) is 0. The minimum atomic E-state index is -0.0635. The Morgan fingerprint density at radius 1 is 1.56 bits per heavy atom. The molecule has 1 aliphatic rings. The van der Waals surface area contributed by atoms with Crippen LogP contribution in [0.5, 0.6) is 0 Å². The molecule has 0 saturated carbocycles. The van der Waals surface area contributed by atoms with Crippen LogP contribution < -0.4 is 5.32 Å². The minimum absolute atomic E-state index is 0.0635. The molecule has 0 radical (unpaired) electrons. The zero-order valence-electron chi connectivity index (χ0n) is 9.99. The van der Waals surface area contributed by atoms with E-state index in [0.717, 1.165) is 30.5 Å². The smallest absolute Gasteiger partial charge is 0.252 e. The predicted octanol–water partition coefficient (Wildman–Crippen LogP) is 2.89. The van der Waals surface area contributed by atoms with Crippen molar-refractivity contribution in [2.75, 3.05) is 19.8 Å². The lowest BCUT2D eigenvalue weighted by molar-refractivity contribution is 0.0947. The highest BCUT2D eigenvalue weighted by atomic mass is 79.9. The predicted molar refractivity (Wildman–Crippen MR) is 77.3 cm³/mol. The second kappa shape index (κ2) is 6.59. The van der Waals surface area contributed by atoms with Gasteiger partial charge in [0.1, 0.15) is 0 Å². The standard InChI is InChI=1S/C13H16BrNO2S/c14-10-1-2-11(12(18)7-10)13(16)15-5-3-9-4-6-17-8-9/h1-2,7,9,18H,3-6,8H2,(H,15,16). The molecule has 3 nitrogen and oxygen atoms in total. The van der Waals surface area contributed by atoms with Gasteiger partial charge >= 0.3 is 0 Å². The number of carbonyl (C=O) groups excluding carboxylic acids is 1. The Balaban J connectivity index is 1.83. The largest absolute Gasteiger partial charge is 0.381 e. The van der Waals surface area contributed by atoms with Crippen LogP contribution in [0.1, 0.15) is 23.2 Å². The monoisotopic (exact) mass is 329 g/mol. The van der Waals surface area contributed by atoms with Gasteiger partial charge in [-0.25, -0.2) is 0 Å². The molecule has 5 heteroatoms. The molecule has 0 aliphatic carbocycles. The fraction of sp³-hybridized carbons (Fsp3) is 0.462. The van der Waals surface area contributed by atoms with E-state index in [4.69, 9.17) is 4.74 Å². The number of carbonyl (C=O) groups is 1. The van der Waals surface area contributed by atoms with Gasteiger partial charge in [-0.1, -0.05) is 15.9 Å². The number of thiol groups is 1. The SMILES string of the molecule is O=C(NCCC1CCOC1)c1ccc(Br)cc1S. The number of amides is 1. The molecule has 1 heterocycles. The quantitative estimate of drug-likeness (QED) is 0.833. The lowest BCUT2D eigenvalue weighted by atomic mass is 10.1. The van der Waals surface area contributed by atoms with Crippen LogP contribution in [-0.2, 0) is 4.74 Å². The van der Waals surface area contributed by atoms with Gasteiger partial charge in [0.25, 0.3) is 5.91 Å². The summed E-state index contributed by atoms with van der Waals surface area (Å²) in [5, 5.41) is 2.93. The minimum Gasteiger partial charge on any atom is -0.381 e. The zero-order valence-corrected chi connectivity index (χ0v) is 12.5. The Bertz CT molecular complexity index is 433. The van der Waals surface area contributed by atoms with Crippen LogP contribution in [0.25, 0.3) is 0 Å². The average Bonchev–Trinajstić information content (AvgIpc) is 2.81. The van der Waals surface area contributed by atoms with E-state index in [-0.39, 0.29) is 5.91 Å². The van der Waals surface area contributed by atoms with E-state index < -0.39 is 0 Å². The number of benzene rings is 1. The first-order valence-electron chi connectivity index (χ1n) is 6.01. The van der Waals surface area contributed by atoms with Crippen LogP contribution in [-0.4, -0.2) is 25.7 Å². The molecule has 1 aliphatic heterocycles. The van der Waals surface area contributed by atoms with Crippen molar-refractivity contribution >= 4 is 34.5 Å². The highest BCUT2D eigenvalue weighted by molar-refractivity contribution is 9.10. The van der Waals surface area contributed by atoms with Crippen molar-refractivity contribution in [1.82, 2.24) is 5.32 Å². The third kappa shape index (κ3) is 3.73. The number of hydrogen-bond donors (Lipinski definition) is 2. The molecule has 0 aromatic heterocycles. The molecule has 2 rings (SSSR count). The van der Waals surface area contributed by atoms with Gasteiger partial charge in [-0.3, -0.25) is 4.79 Å². The summed E-state index contributed by atoms with van der Waals surface area (Å²) < 4.78 is 6.22. The lowest BCUT2D eigenvalue weighted by Crippen LogP contribution is -2.26. The van der Waals surface area contributed by atoms with Gasteiger partial charge in [-0.2, -0.15) is 0 Å². The van der Waals surface area contributed by atoms with Crippen molar-refractivity contribution in [3.05, 3.63) is 28.2 Å². The van der Waals surface area contributed by atoms with Crippen LogP contribution in [0.4, 0.5) is 0 Å². The van der Waals surface area contributed by atoms with Crippen molar-refractivity contribution in [2.45, 2.75) is 17.7 Å². The Hall–Kier alpha value is -0.520. The van der Waals surface area contributed by atoms with E-state index in [1.165, 1.54) is 0 Å². The molecular formula is C13H16BrNO2S. The summed E-state index contributed by atoms with van der Waals surface area (Å²) in [4.78, 5) is 12.6. The molecule has 1 atom stereocenters. The zero-order chi connectivity index (χ0) is 13.0. The van der Waals surface area contributed by atoms with Gasteiger partial charge in [0, 0.05) is 29.1 Å². The first-order chi connectivity index (χ1) is 8.66. The van der Waals surface area contributed by atoms with Crippen molar-refractivity contribution in [3.63, 3.8) is 0 Å².